The number of benzene rings is 2. The quantitative estimate of drug-likeness (QED) is 0.572. The van der Waals surface area contributed by atoms with Crippen LogP contribution in [0.2, 0.25) is 0 Å². The number of carbonyl (C=O) groups excluding carboxylic acids is 1. The minimum atomic E-state index is -1.39. The van der Waals surface area contributed by atoms with Crippen molar-refractivity contribution in [3.63, 3.8) is 0 Å². The van der Waals surface area contributed by atoms with Crippen LogP contribution in [-0.4, -0.2) is 66.3 Å². The molecule has 2 heterocycles. The van der Waals surface area contributed by atoms with Crippen molar-refractivity contribution >= 4 is 12.0 Å². The van der Waals surface area contributed by atoms with E-state index in [0.29, 0.717) is 11.5 Å². The summed E-state index contributed by atoms with van der Waals surface area (Å²) in [6, 6.07) is 14.1. The Kier molecular flexibility index (Phi) is 6.42. The Morgan fingerprint density at radius 2 is 1.91 bits per heavy atom. The SMILES string of the molecule is COc1ccc(CN2C(=O)[C@](Cc3ccccc3)(NC(=O)O)[C@@H]2C2COC(C)(C)O2)c(OC)c1. The number of hydrogen-bond donors (Lipinski definition) is 2. The first-order valence-corrected chi connectivity index (χ1v) is 11.1. The van der Waals surface area contributed by atoms with Gasteiger partial charge in [0.25, 0.3) is 5.91 Å². The Morgan fingerprint density at radius 1 is 1.18 bits per heavy atom. The largest absolute Gasteiger partial charge is 0.497 e. The van der Waals surface area contributed by atoms with E-state index in [0.717, 1.165) is 11.1 Å². The lowest BCUT2D eigenvalue weighted by Crippen LogP contribution is -2.83. The zero-order chi connectivity index (χ0) is 24.5. The molecule has 2 aliphatic rings. The van der Waals surface area contributed by atoms with Gasteiger partial charge in [-0.15, -0.1) is 0 Å². The van der Waals surface area contributed by atoms with Crippen LogP contribution in [0.1, 0.15) is 25.0 Å². The van der Waals surface area contributed by atoms with E-state index >= 15 is 0 Å². The van der Waals surface area contributed by atoms with Gasteiger partial charge in [0.15, 0.2) is 5.79 Å². The molecule has 1 unspecified atom stereocenters. The van der Waals surface area contributed by atoms with Gasteiger partial charge in [-0.25, -0.2) is 4.79 Å². The van der Waals surface area contributed by atoms with E-state index in [4.69, 9.17) is 18.9 Å². The zero-order valence-corrected chi connectivity index (χ0v) is 19.7. The molecule has 9 heteroatoms. The highest BCUT2D eigenvalue weighted by molar-refractivity contribution is 5.97. The first-order chi connectivity index (χ1) is 16.2. The summed E-state index contributed by atoms with van der Waals surface area (Å²) in [7, 11) is 3.12. The molecule has 2 fully saturated rings. The second-order valence-electron chi connectivity index (χ2n) is 8.99. The van der Waals surface area contributed by atoms with Gasteiger partial charge >= 0.3 is 6.09 Å². The highest BCUT2D eigenvalue weighted by atomic mass is 16.7. The number of carboxylic acid groups (broad SMARTS) is 1. The maximum absolute atomic E-state index is 13.7. The van der Waals surface area contributed by atoms with E-state index in [2.05, 4.69) is 5.32 Å². The molecule has 0 aromatic heterocycles. The molecule has 2 saturated heterocycles. The predicted molar refractivity (Wildman–Crippen MR) is 123 cm³/mol. The van der Waals surface area contributed by atoms with Crippen molar-refractivity contribution in [2.45, 2.75) is 50.3 Å². The summed E-state index contributed by atoms with van der Waals surface area (Å²) in [5.41, 5.74) is 0.222. The standard InChI is InChI=1S/C25H30N2O7/c1-24(2)33-15-20(34-24)21-25(26-23(29)30,13-16-8-6-5-7-9-16)22(28)27(21)14-17-10-11-18(31-3)12-19(17)32-4/h5-12,20-21,26H,13-15H2,1-4H3,(H,29,30)/t20?,21-,25+/m0/s1. The van der Waals surface area contributed by atoms with Crippen LogP contribution in [0, 0.1) is 0 Å². The average Bonchev–Trinajstić information content (AvgIpc) is 3.17. The Morgan fingerprint density at radius 3 is 2.50 bits per heavy atom. The number of ether oxygens (including phenoxy) is 4. The van der Waals surface area contributed by atoms with E-state index in [1.54, 1.807) is 45.1 Å². The smallest absolute Gasteiger partial charge is 0.405 e. The van der Waals surface area contributed by atoms with E-state index in [1.807, 2.05) is 36.4 Å². The molecule has 34 heavy (non-hydrogen) atoms. The lowest BCUT2D eigenvalue weighted by Gasteiger charge is -2.57. The van der Waals surface area contributed by atoms with Crippen LogP contribution in [0.3, 0.4) is 0 Å². The van der Waals surface area contributed by atoms with Gasteiger partial charge in [0.1, 0.15) is 23.1 Å². The van der Waals surface area contributed by atoms with Crippen LogP contribution >= 0.6 is 0 Å². The molecule has 2 aliphatic heterocycles. The first-order valence-electron chi connectivity index (χ1n) is 11.1. The van der Waals surface area contributed by atoms with Crippen molar-refractivity contribution in [2.75, 3.05) is 20.8 Å². The molecule has 0 spiro atoms. The lowest BCUT2D eigenvalue weighted by molar-refractivity contribution is -0.187. The number of amides is 2. The molecule has 0 bridgehead atoms. The van der Waals surface area contributed by atoms with Gasteiger partial charge in [0.05, 0.1) is 26.9 Å². The van der Waals surface area contributed by atoms with E-state index < -0.39 is 29.6 Å². The molecular weight excluding hydrogens is 440 g/mol. The number of nitrogens with one attached hydrogen (secondary N) is 1. The van der Waals surface area contributed by atoms with Crippen molar-refractivity contribution in [1.29, 1.82) is 0 Å². The monoisotopic (exact) mass is 470 g/mol. The van der Waals surface area contributed by atoms with Gasteiger partial charge in [-0.05, 0) is 31.5 Å². The average molecular weight is 471 g/mol. The highest BCUT2D eigenvalue weighted by Gasteiger charge is 2.65. The molecule has 9 nitrogen and oxygen atoms in total. The van der Waals surface area contributed by atoms with Crippen molar-refractivity contribution in [3.8, 4) is 11.5 Å². The van der Waals surface area contributed by atoms with Crippen LogP contribution in [0.25, 0.3) is 0 Å². The number of likely N-dealkylation sites (tertiary alicyclic amines) is 1. The summed E-state index contributed by atoms with van der Waals surface area (Å²) in [5, 5.41) is 12.2. The topological polar surface area (TPSA) is 107 Å². The molecule has 0 radical (unpaired) electrons. The number of carbonyl (C=O) groups is 2. The van der Waals surface area contributed by atoms with Crippen LogP contribution in [0.4, 0.5) is 4.79 Å². The Balaban J connectivity index is 1.72. The van der Waals surface area contributed by atoms with E-state index in [9.17, 15) is 14.7 Å². The Hall–Kier alpha value is -3.30. The third-order valence-electron chi connectivity index (χ3n) is 6.36. The molecular formula is C25H30N2O7. The molecule has 0 saturated carbocycles. The van der Waals surface area contributed by atoms with Gasteiger partial charge in [-0.3, -0.25) is 4.79 Å². The molecule has 182 valence electrons. The fourth-order valence-corrected chi connectivity index (χ4v) is 4.89. The maximum Gasteiger partial charge on any atom is 0.405 e. The van der Waals surface area contributed by atoms with Crippen LogP contribution < -0.4 is 14.8 Å². The van der Waals surface area contributed by atoms with Gasteiger partial charge in [-0.1, -0.05) is 30.3 Å². The number of β-lactam (4-membered cyclic amide) rings is 1. The minimum absolute atomic E-state index is 0.195. The lowest BCUT2D eigenvalue weighted by atomic mass is 9.71. The Bertz CT molecular complexity index is 1060. The molecule has 4 rings (SSSR count). The number of hydrogen-bond acceptors (Lipinski definition) is 6. The minimum Gasteiger partial charge on any atom is -0.497 e. The summed E-state index contributed by atoms with van der Waals surface area (Å²) < 4.78 is 22.7. The van der Waals surface area contributed by atoms with Gasteiger partial charge < -0.3 is 34.3 Å². The number of nitrogens with zero attached hydrogens (tertiary/aromatic N) is 1. The normalized spacial score (nSPS) is 25.5. The fourth-order valence-electron chi connectivity index (χ4n) is 4.89. The van der Waals surface area contributed by atoms with Crippen LogP contribution in [0.15, 0.2) is 48.5 Å². The van der Waals surface area contributed by atoms with Gasteiger partial charge in [-0.2, -0.15) is 0 Å². The summed E-state index contributed by atoms with van der Waals surface area (Å²) in [6.07, 6.45) is -1.60. The summed E-state index contributed by atoms with van der Waals surface area (Å²) in [6.45, 7) is 4.05. The van der Waals surface area contributed by atoms with E-state index in [1.165, 1.54) is 0 Å². The highest BCUT2D eigenvalue weighted by Crippen LogP contribution is 2.42. The van der Waals surface area contributed by atoms with Crippen molar-refractivity contribution in [3.05, 3.63) is 59.7 Å². The zero-order valence-electron chi connectivity index (χ0n) is 19.7. The van der Waals surface area contributed by atoms with E-state index in [-0.39, 0.29) is 25.5 Å². The second-order valence-corrected chi connectivity index (χ2v) is 8.99. The van der Waals surface area contributed by atoms with Crippen molar-refractivity contribution in [2.24, 2.45) is 0 Å². The van der Waals surface area contributed by atoms with Gasteiger partial charge in [0.2, 0.25) is 0 Å². The van der Waals surface area contributed by atoms with Crippen LogP contribution in [0.5, 0.6) is 11.5 Å². The molecule has 0 aliphatic carbocycles. The van der Waals surface area contributed by atoms with Gasteiger partial charge in [0, 0.05) is 24.6 Å². The van der Waals surface area contributed by atoms with Crippen molar-refractivity contribution in [1.82, 2.24) is 10.2 Å². The third kappa shape index (κ3) is 4.41. The number of rotatable bonds is 8. The molecule has 2 N–H and O–H groups in total. The predicted octanol–water partition coefficient (Wildman–Crippen LogP) is 2.82. The molecule has 2 aromatic rings. The summed E-state index contributed by atoms with van der Waals surface area (Å²) >= 11 is 0. The number of methoxy groups -OCH3 is 2. The maximum atomic E-state index is 13.7. The summed E-state index contributed by atoms with van der Waals surface area (Å²) in [5.74, 6) is 0.0397. The van der Waals surface area contributed by atoms with Crippen LogP contribution in [-0.2, 0) is 27.2 Å². The van der Waals surface area contributed by atoms with Crippen molar-refractivity contribution < 1.29 is 33.6 Å². The fraction of sp³-hybridized carbons (Fsp3) is 0.440. The summed E-state index contributed by atoms with van der Waals surface area (Å²) in [4.78, 5) is 27.2. The molecule has 2 amide bonds. The Labute approximate surface area is 198 Å². The first kappa shape index (κ1) is 23.8. The molecule has 2 aromatic carbocycles. The molecule has 3 atom stereocenters. The third-order valence-corrected chi connectivity index (χ3v) is 6.36. The second kappa shape index (κ2) is 9.15.